The van der Waals surface area contributed by atoms with E-state index in [9.17, 15) is 0 Å². The van der Waals surface area contributed by atoms with E-state index in [0.29, 0.717) is 0 Å². The molecule has 0 amide bonds. The summed E-state index contributed by atoms with van der Waals surface area (Å²) < 4.78 is 0. The van der Waals surface area contributed by atoms with Crippen LogP contribution >= 0.6 is 0 Å². The van der Waals surface area contributed by atoms with E-state index >= 15 is 0 Å². The van der Waals surface area contributed by atoms with Gasteiger partial charge in [0.2, 0.25) is 0 Å². The molecule has 1 radical (unpaired) electrons. The molecule has 0 aliphatic carbocycles. The summed E-state index contributed by atoms with van der Waals surface area (Å²) in [6, 6.07) is 7.33. The van der Waals surface area contributed by atoms with Gasteiger partial charge in [0.1, 0.15) is 0 Å². The summed E-state index contributed by atoms with van der Waals surface area (Å²) in [7, 11) is 0. The quantitative estimate of drug-likeness (QED) is 0.221. The van der Waals surface area contributed by atoms with Crippen LogP contribution < -0.4 is 24.8 Å². The summed E-state index contributed by atoms with van der Waals surface area (Å²) in [5.74, 6) is 0. The Kier molecular flexibility index (Phi) is 25.0. The summed E-state index contributed by atoms with van der Waals surface area (Å²) in [5, 5.41) is 24.8. The first-order chi connectivity index (χ1) is 10.0. The summed E-state index contributed by atoms with van der Waals surface area (Å²) in [6.07, 6.45) is 13.8. The van der Waals surface area contributed by atoms with Crippen LogP contribution in [0.3, 0.4) is 0 Å². The Labute approximate surface area is 156 Å². The van der Waals surface area contributed by atoms with Gasteiger partial charge in [-0.3, -0.25) is 20.4 Å². The molecular weight excluding hydrogens is 391 g/mol. The van der Waals surface area contributed by atoms with E-state index in [4.69, 9.17) is 0 Å². The van der Waals surface area contributed by atoms with Gasteiger partial charge in [0.15, 0.2) is 0 Å². The van der Waals surface area contributed by atoms with Gasteiger partial charge in [-0.15, -0.1) is 0 Å². The van der Waals surface area contributed by atoms with Crippen molar-refractivity contribution in [2.45, 2.75) is 0 Å². The standard InChI is InChI=1S/4C3H4N2.2ClH.Cu/c4*1-2-4-5-3-1;;;/h4*1-3H,(H,4,5);2*1H;/q;;;;;;+2/p-2. The molecule has 0 saturated heterocycles. The number of aromatic amines is 4. The molecule has 23 heavy (non-hydrogen) atoms. The molecule has 0 spiro atoms. The van der Waals surface area contributed by atoms with Crippen LogP contribution in [0, 0.1) is 0 Å². The average molecular weight is 407 g/mol. The van der Waals surface area contributed by atoms with Crippen molar-refractivity contribution in [1.29, 1.82) is 0 Å². The number of H-pyrrole nitrogens is 4. The van der Waals surface area contributed by atoms with Crippen LogP contribution in [0.1, 0.15) is 0 Å². The van der Waals surface area contributed by atoms with Crippen molar-refractivity contribution in [2.24, 2.45) is 0 Å². The molecule has 4 aromatic rings. The number of hydrogen-bond donors (Lipinski definition) is 4. The molecule has 11 heteroatoms. The number of nitrogens with zero attached hydrogens (tertiary/aromatic N) is 4. The van der Waals surface area contributed by atoms with Crippen molar-refractivity contribution in [3.8, 4) is 0 Å². The topological polar surface area (TPSA) is 115 Å². The molecular formula is C12H16Cl2CuN8. The van der Waals surface area contributed by atoms with Crippen molar-refractivity contribution in [3.63, 3.8) is 0 Å². The minimum absolute atomic E-state index is 0. The van der Waals surface area contributed by atoms with Crippen LogP contribution in [0.4, 0.5) is 0 Å². The third-order valence-corrected chi connectivity index (χ3v) is 1.62. The molecule has 4 N–H and O–H groups in total. The normalized spacial score (nSPS) is 6.96. The summed E-state index contributed by atoms with van der Waals surface area (Å²) in [6.45, 7) is 0. The van der Waals surface area contributed by atoms with Crippen LogP contribution in [0.15, 0.2) is 73.8 Å². The van der Waals surface area contributed by atoms with E-state index in [0.717, 1.165) is 0 Å². The zero-order valence-corrected chi connectivity index (χ0v) is 14.2. The van der Waals surface area contributed by atoms with Gasteiger partial charge in [0, 0.05) is 49.6 Å². The summed E-state index contributed by atoms with van der Waals surface area (Å²) >= 11 is 0. The Bertz CT molecular complexity index is 366. The van der Waals surface area contributed by atoms with Crippen molar-refractivity contribution >= 4 is 0 Å². The van der Waals surface area contributed by atoms with Gasteiger partial charge >= 0.3 is 17.1 Å². The fourth-order valence-electron chi connectivity index (χ4n) is 0.861. The van der Waals surface area contributed by atoms with E-state index in [1.54, 1.807) is 49.6 Å². The van der Waals surface area contributed by atoms with Crippen LogP contribution in [-0.2, 0) is 17.1 Å². The van der Waals surface area contributed by atoms with Gasteiger partial charge in [-0.2, -0.15) is 20.4 Å². The zero-order valence-electron chi connectivity index (χ0n) is 11.8. The molecule has 0 aliphatic rings. The van der Waals surface area contributed by atoms with Gasteiger partial charge in [0.25, 0.3) is 0 Å². The molecule has 0 bridgehead atoms. The predicted octanol–water partition coefficient (Wildman–Crippen LogP) is -4.36. The molecule has 8 nitrogen and oxygen atoms in total. The second-order valence-corrected chi connectivity index (χ2v) is 3.07. The third-order valence-electron chi connectivity index (χ3n) is 1.62. The Morgan fingerprint density at radius 1 is 0.435 bits per heavy atom. The molecule has 4 heterocycles. The van der Waals surface area contributed by atoms with Gasteiger partial charge in [-0.1, -0.05) is 0 Å². The van der Waals surface area contributed by atoms with Crippen molar-refractivity contribution in [2.75, 3.05) is 0 Å². The maximum absolute atomic E-state index is 3.60. The molecule has 0 aliphatic heterocycles. The first kappa shape index (κ1) is 25.9. The second kappa shape index (κ2) is 22.2. The maximum atomic E-state index is 3.60. The van der Waals surface area contributed by atoms with Gasteiger partial charge in [-0.05, 0) is 24.3 Å². The van der Waals surface area contributed by atoms with Gasteiger partial charge in [-0.25, -0.2) is 0 Å². The number of hydrogen-bond acceptors (Lipinski definition) is 4. The number of halogens is 2. The summed E-state index contributed by atoms with van der Waals surface area (Å²) in [4.78, 5) is 0. The van der Waals surface area contributed by atoms with Crippen LogP contribution in [-0.4, -0.2) is 40.8 Å². The Balaban J connectivity index is -0.000000222. The van der Waals surface area contributed by atoms with Gasteiger partial charge in [0.05, 0.1) is 0 Å². The van der Waals surface area contributed by atoms with Crippen LogP contribution in [0.2, 0.25) is 0 Å². The van der Waals surface area contributed by atoms with Crippen LogP contribution in [0.5, 0.6) is 0 Å². The fourth-order valence-corrected chi connectivity index (χ4v) is 0.861. The molecule has 4 aromatic heterocycles. The van der Waals surface area contributed by atoms with Gasteiger partial charge < -0.3 is 24.8 Å². The number of rotatable bonds is 0. The largest absolute Gasteiger partial charge is 2.00 e. The first-order valence-electron chi connectivity index (χ1n) is 5.75. The van der Waals surface area contributed by atoms with E-state index in [2.05, 4.69) is 40.8 Å². The van der Waals surface area contributed by atoms with Crippen molar-refractivity contribution < 1.29 is 41.9 Å². The minimum atomic E-state index is 0. The van der Waals surface area contributed by atoms with E-state index in [-0.39, 0.29) is 41.9 Å². The maximum Gasteiger partial charge on any atom is 2.00 e. The molecule has 0 saturated carbocycles. The van der Waals surface area contributed by atoms with Crippen LogP contribution in [0.25, 0.3) is 0 Å². The second-order valence-electron chi connectivity index (χ2n) is 3.07. The fraction of sp³-hybridized carbons (Fsp3) is 0. The monoisotopic (exact) mass is 405 g/mol. The minimum Gasteiger partial charge on any atom is -1.00 e. The SMILES string of the molecule is [Cl-].[Cl-].[Cu+2].c1cn[nH]c1.c1cn[nH]c1.c1cn[nH]c1.c1cn[nH]c1. The first-order valence-corrected chi connectivity index (χ1v) is 5.75. The predicted molar refractivity (Wildman–Crippen MR) is 74.4 cm³/mol. The smallest absolute Gasteiger partial charge is 1.00 e. The summed E-state index contributed by atoms with van der Waals surface area (Å²) in [5.41, 5.74) is 0. The van der Waals surface area contributed by atoms with E-state index in [1.807, 2.05) is 24.3 Å². The average Bonchev–Trinajstić information content (AvgIpc) is 3.40. The Morgan fingerprint density at radius 3 is 0.696 bits per heavy atom. The Morgan fingerprint density at radius 2 is 0.652 bits per heavy atom. The third kappa shape index (κ3) is 19.9. The molecule has 0 aromatic carbocycles. The van der Waals surface area contributed by atoms with Crippen molar-refractivity contribution in [3.05, 3.63) is 73.8 Å². The molecule has 0 fully saturated rings. The number of aromatic nitrogens is 8. The molecule has 129 valence electrons. The van der Waals surface area contributed by atoms with E-state index in [1.165, 1.54) is 0 Å². The zero-order chi connectivity index (χ0) is 14.1. The molecule has 0 atom stereocenters. The molecule has 4 rings (SSSR count). The molecule has 0 unspecified atom stereocenters. The number of nitrogens with one attached hydrogen (secondary N) is 4. The Hall–Kier alpha value is -2.06. The van der Waals surface area contributed by atoms with E-state index < -0.39 is 0 Å². The van der Waals surface area contributed by atoms with Crippen molar-refractivity contribution in [1.82, 2.24) is 40.8 Å².